The highest BCUT2D eigenvalue weighted by atomic mass is 16.1. The van der Waals surface area contributed by atoms with E-state index in [9.17, 15) is 4.79 Å². The Balaban J connectivity index is 1.65. The summed E-state index contributed by atoms with van der Waals surface area (Å²) in [6.07, 6.45) is 3.65. The lowest BCUT2D eigenvalue weighted by atomic mass is 9.92. The van der Waals surface area contributed by atoms with Gasteiger partial charge in [-0.2, -0.15) is 5.10 Å². The molecule has 0 N–H and O–H groups in total. The normalized spacial score (nSPS) is 16.4. The molecule has 6 nitrogen and oxygen atoms in total. The van der Waals surface area contributed by atoms with Crippen LogP contribution in [-0.4, -0.2) is 45.8 Å². The Hall–Kier alpha value is -2.21. The predicted molar refractivity (Wildman–Crippen MR) is 95.2 cm³/mol. The summed E-state index contributed by atoms with van der Waals surface area (Å²) in [7, 11) is 0. The van der Waals surface area contributed by atoms with Gasteiger partial charge in [-0.15, -0.1) is 0 Å². The fraction of sp³-hybridized carbons (Fsp3) is 0.500. The monoisotopic (exact) mass is 327 g/mol. The van der Waals surface area contributed by atoms with Crippen molar-refractivity contribution in [1.29, 1.82) is 0 Å². The smallest absolute Gasteiger partial charge is 0.267 e. The molecule has 128 valence electrons. The van der Waals surface area contributed by atoms with Crippen molar-refractivity contribution in [2.24, 2.45) is 0 Å². The Morgan fingerprint density at radius 2 is 1.67 bits per heavy atom. The zero-order valence-corrected chi connectivity index (χ0v) is 14.6. The molecule has 0 atom stereocenters. The van der Waals surface area contributed by atoms with Gasteiger partial charge in [0.25, 0.3) is 5.56 Å². The number of aromatic nitrogens is 3. The van der Waals surface area contributed by atoms with Crippen LogP contribution in [0.1, 0.15) is 26.5 Å². The summed E-state index contributed by atoms with van der Waals surface area (Å²) in [5, 5.41) is 4.56. The number of piperazine rings is 1. The van der Waals surface area contributed by atoms with Gasteiger partial charge in [-0.3, -0.25) is 14.7 Å². The minimum atomic E-state index is -0.0600. The maximum absolute atomic E-state index is 12.1. The first-order chi connectivity index (χ1) is 11.4. The predicted octanol–water partition coefficient (Wildman–Crippen LogP) is 1.72. The van der Waals surface area contributed by atoms with E-state index in [1.807, 2.05) is 30.6 Å². The van der Waals surface area contributed by atoms with Gasteiger partial charge in [0, 0.05) is 55.7 Å². The summed E-state index contributed by atoms with van der Waals surface area (Å²) in [5.74, 6) is 0. The topological polar surface area (TPSA) is 54.3 Å². The maximum atomic E-state index is 12.1. The van der Waals surface area contributed by atoms with Crippen molar-refractivity contribution in [3.8, 4) is 0 Å². The van der Waals surface area contributed by atoms with E-state index in [0.29, 0.717) is 6.67 Å². The van der Waals surface area contributed by atoms with Gasteiger partial charge in [0.2, 0.25) is 0 Å². The van der Waals surface area contributed by atoms with Gasteiger partial charge in [0.1, 0.15) is 0 Å². The highest BCUT2D eigenvalue weighted by Gasteiger charge is 2.20. The maximum Gasteiger partial charge on any atom is 0.267 e. The molecule has 1 saturated heterocycles. The summed E-state index contributed by atoms with van der Waals surface area (Å²) in [4.78, 5) is 20.8. The summed E-state index contributed by atoms with van der Waals surface area (Å²) in [6.45, 7) is 10.6. The Labute approximate surface area is 142 Å². The lowest BCUT2D eigenvalue weighted by molar-refractivity contribution is 0.189. The van der Waals surface area contributed by atoms with Crippen LogP contribution in [0.3, 0.4) is 0 Å². The molecule has 0 aromatic carbocycles. The van der Waals surface area contributed by atoms with Crippen LogP contribution in [-0.2, 0) is 12.1 Å². The SMILES string of the molecule is CC(C)(C)c1ccc(=O)n(CN2CCN(c3ccncc3)CC2)n1. The van der Waals surface area contributed by atoms with E-state index in [2.05, 4.69) is 40.7 Å². The lowest BCUT2D eigenvalue weighted by Crippen LogP contribution is -2.48. The van der Waals surface area contributed by atoms with Crippen LogP contribution < -0.4 is 10.5 Å². The minimum Gasteiger partial charge on any atom is -0.369 e. The van der Waals surface area contributed by atoms with E-state index in [-0.39, 0.29) is 11.0 Å². The van der Waals surface area contributed by atoms with Crippen molar-refractivity contribution in [2.75, 3.05) is 31.1 Å². The van der Waals surface area contributed by atoms with Crippen LogP contribution in [0.25, 0.3) is 0 Å². The number of nitrogens with zero attached hydrogens (tertiary/aromatic N) is 5. The highest BCUT2D eigenvalue weighted by molar-refractivity contribution is 5.44. The quantitative estimate of drug-likeness (QED) is 0.859. The lowest BCUT2D eigenvalue weighted by Gasteiger charge is -2.36. The van der Waals surface area contributed by atoms with Crippen molar-refractivity contribution < 1.29 is 0 Å². The number of pyridine rings is 1. The van der Waals surface area contributed by atoms with Gasteiger partial charge in [-0.1, -0.05) is 20.8 Å². The zero-order chi connectivity index (χ0) is 17.2. The van der Waals surface area contributed by atoms with Crippen LogP contribution in [0, 0.1) is 0 Å². The second kappa shape index (κ2) is 6.73. The largest absolute Gasteiger partial charge is 0.369 e. The van der Waals surface area contributed by atoms with E-state index in [0.717, 1.165) is 31.9 Å². The molecule has 2 aromatic rings. The number of anilines is 1. The van der Waals surface area contributed by atoms with E-state index >= 15 is 0 Å². The third-order valence-corrected chi connectivity index (χ3v) is 4.37. The molecule has 0 saturated carbocycles. The van der Waals surface area contributed by atoms with Crippen LogP contribution in [0.4, 0.5) is 5.69 Å². The van der Waals surface area contributed by atoms with Crippen molar-refractivity contribution in [3.63, 3.8) is 0 Å². The third-order valence-electron chi connectivity index (χ3n) is 4.37. The standard InChI is InChI=1S/C18H25N5O/c1-18(2,3)16-4-5-17(24)23(20-16)14-21-10-12-22(13-11-21)15-6-8-19-9-7-15/h4-9H,10-14H2,1-3H3. The number of rotatable bonds is 3. The molecule has 0 spiro atoms. The van der Waals surface area contributed by atoms with E-state index < -0.39 is 0 Å². The van der Waals surface area contributed by atoms with Gasteiger partial charge in [-0.25, -0.2) is 4.68 Å². The van der Waals surface area contributed by atoms with Crippen molar-refractivity contribution in [1.82, 2.24) is 19.7 Å². The average Bonchev–Trinajstić information content (AvgIpc) is 2.57. The third kappa shape index (κ3) is 3.82. The first kappa shape index (κ1) is 16.6. The molecule has 1 aliphatic rings. The Bertz CT molecular complexity index is 727. The van der Waals surface area contributed by atoms with E-state index in [1.165, 1.54) is 5.69 Å². The molecule has 3 rings (SSSR count). The van der Waals surface area contributed by atoms with Crippen LogP contribution in [0.2, 0.25) is 0 Å². The van der Waals surface area contributed by atoms with E-state index in [4.69, 9.17) is 0 Å². The second-order valence-electron chi connectivity index (χ2n) is 7.26. The number of hydrogen-bond acceptors (Lipinski definition) is 5. The van der Waals surface area contributed by atoms with Crippen LogP contribution >= 0.6 is 0 Å². The molecule has 3 heterocycles. The highest BCUT2D eigenvalue weighted by Crippen LogP contribution is 2.18. The first-order valence-electron chi connectivity index (χ1n) is 8.39. The van der Waals surface area contributed by atoms with Crippen molar-refractivity contribution in [2.45, 2.75) is 32.9 Å². The minimum absolute atomic E-state index is 0.0421. The Morgan fingerprint density at radius 3 is 2.29 bits per heavy atom. The van der Waals surface area contributed by atoms with Gasteiger partial charge >= 0.3 is 0 Å². The molecule has 0 bridgehead atoms. The van der Waals surface area contributed by atoms with E-state index in [1.54, 1.807) is 10.7 Å². The van der Waals surface area contributed by atoms with Gasteiger partial charge in [-0.05, 0) is 18.2 Å². The molecule has 0 unspecified atom stereocenters. The molecule has 1 aliphatic heterocycles. The molecule has 24 heavy (non-hydrogen) atoms. The van der Waals surface area contributed by atoms with Gasteiger partial charge < -0.3 is 4.90 Å². The second-order valence-corrected chi connectivity index (χ2v) is 7.26. The van der Waals surface area contributed by atoms with Crippen molar-refractivity contribution in [3.05, 3.63) is 52.7 Å². The first-order valence-corrected chi connectivity index (χ1v) is 8.39. The molecule has 0 aliphatic carbocycles. The van der Waals surface area contributed by atoms with Crippen molar-refractivity contribution >= 4 is 5.69 Å². The number of hydrogen-bond donors (Lipinski definition) is 0. The fourth-order valence-corrected chi connectivity index (χ4v) is 2.84. The summed E-state index contributed by atoms with van der Waals surface area (Å²) < 4.78 is 1.59. The van der Waals surface area contributed by atoms with Gasteiger partial charge in [0.05, 0.1) is 12.4 Å². The van der Waals surface area contributed by atoms with Crippen LogP contribution in [0.5, 0.6) is 0 Å². The summed E-state index contributed by atoms with van der Waals surface area (Å²) >= 11 is 0. The van der Waals surface area contributed by atoms with Crippen LogP contribution in [0.15, 0.2) is 41.5 Å². The molecule has 2 aromatic heterocycles. The average molecular weight is 327 g/mol. The molecule has 1 fully saturated rings. The molecular formula is C18H25N5O. The zero-order valence-electron chi connectivity index (χ0n) is 14.6. The summed E-state index contributed by atoms with van der Waals surface area (Å²) in [5.41, 5.74) is 2.04. The Kier molecular flexibility index (Phi) is 4.66. The molecule has 6 heteroatoms. The van der Waals surface area contributed by atoms with Gasteiger partial charge in [0.15, 0.2) is 0 Å². The Morgan fingerprint density at radius 1 is 1.00 bits per heavy atom. The summed E-state index contributed by atoms with van der Waals surface area (Å²) in [6, 6.07) is 7.53. The molecular weight excluding hydrogens is 302 g/mol. The fourth-order valence-electron chi connectivity index (χ4n) is 2.84. The molecule has 0 radical (unpaired) electrons. The molecule has 0 amide bonds.